The van der Waals surface area contributed by atoms with Crippen molar-refractivity contribution in [2.45, 2.75) is 51.2 Å². The third kappa shape index (κ3) is 6.19. The maximum atomic E-state index is 12.7. The molecule has 0 spiro atoms. The lowest BCUT2D eigenvalue weighted by atomic mass is 9.94. The first-order valence-corrected chi connectivity index (χ1v) is 12.7. The van der Waals surface area contributed by atoms with Crippen LogP contribution in [-0.2, 0) is 4.79 Å². The average Bonchev–Trinajstić information content (AvgIpc) is 3.18. The summed E-state index contributed by atoms with van der Waals surface area (Å²) in [5.74, 6) is 0.985. The fraction of sp³-hybridized carbons (Fsp3) is 0.667. The SMILES string of the molecule is Cc1nc2cc(OC[C@H](O)CN3CCN(CC(=O)N(C)C4CCCCC4)CC3)ccc2s1. The van der Waals surface area contributed by atoms with Crippen molar-refractivity contribution < 1.29 is 14.6 Å². The number of amides is 1. The van der Waals surface area contributed by atoms with Gasteiger partial charge < -0.3 is 14.7 Å². The summed E-state index contributed by atoms with van der Waals surface area (Å²) in [6, 6.07) is 6.32. The van der Waals surface area contributed by atoms with Gasteiger partial charge in [0.1, 0.15) is 18.5 Å². The van der Waals surface area contributed by atoms with Crippen LogP contribution in [0.5, 0.6) is 5.75 Å². The molecule has 7 nitrogen and oxygen atoms in total. The molecule has 1 aromatic carbocycles. The van der Waals surface area contributed by atoms with E-state index in [0.717, 1.165) is 60.0 Å². The molecule has 4 rings (SSSR count). The number of carbonyl (C=O) groups excluding carboxylic acids is 1. The van der Waals surface area contributed by atoms with E-state index in [-0.39, 0.29) is 12.5 Å². The van der Waals surface area contributed by atoms with E-state index in [1.165, 1.54) is 19.3 Å². The number of β-amino-alcohol motifs (C(OH)–C–C–N with tert-alkyl or cyclic N) is 1. The van der Waals surface area contributed by atoms with Crippen LogP contribution in [0, 0.1) is 6.92 Å². The molecular weight excluding hydrogens is 424 g/mol. The molecular formula is C24H36N4O3S. The van der Waals surface area contributed by atoms with Crippen molar-refractivity contribution in [1.82, 2.24) is 19.7 Å². The van der Waals surface area contributed by atoms with Crippen molar-refractivity contribution in [3.63, 3.8) is 0 Å². The molecule has 0 bridgehead atoms. The summed E-state index contributed by atoms with van der Waals surface area (Å²) in [4.78, 5) is 23.7. The summed E-state index contributed by atoms with van der Waals surface area (Å²) in [7, 11) is 1.97. The first kappa shape index (κ1) is 23.4. The van der Waals surface area contributed by atoms with E-state index >= 15 is 0 Å². The maximum absolute atomic E-state index is 12.7. The number of rotatable bonds is 8. The topological polar surface area (TPSA) is 69.1 Å². The fourth-order valence-corrected chi connectivity index (χ4v) is 5.57. The van der Waals surface area contributed by atoms with Gasteiger partial charge in [-0.05, 0) is 31.9 Å². The first-order chi connectivity index (χ1) is 15.5. The van der Waals surface area contributed by atoms with Gasteiger partial charge in [-0.15, -0.1) is 11.3 Å². The Kier molecular flexibility index (Phi) is 7.99. The standard InChI is InChI=1S/C24H36N4O3S/c1-18-25-22-14-21(8-9-23(22)32-18)31-17-20(29)15-27-10-12-28(13-11-27)16-24(30)26(2)19-6-4-3-5-7-19/h8-9,14,19-20,29H,3-7,10-13,15-17H2,1-2H3/t20-/m1/s1. The molecule has 1 aliphatic heterocycles. The molecule has 32 heavy (non-hydrogen) atoms. The minimum Gasteiger partial charge on any atom is -0.491 e. The Bertz CT molecular complexity index is 890. The van der Waals surface area contributed by atoms with Crippen LogP contribution in [0.25, 0.3) is 10.2 Å². The zero-order chi connectivity index (χ0) is 22.5. The molecule has 1 aromatic heterocycles. The Morgan fingerprint density at radius 1 is 1.22 bits per heavy atom. The van der Waals surface area contributed by atoms with Crippen LogP contribution in [0.4, 0.5) is 0 Å². The van der Waals surface area contributed by atoms with Crippen molar-refractivity contribution in [3.8, 4) is 5.75 Å². The van der Waals surface area contributed by atoms with Gasteiger partial charge in [-0.3, -0.25) is 14.6 Å². The highest BCUT2D eigenvalue weighted by atomic mass is 32.1. The van der Waals surface area contributed by atoms with Crippen LogP contribution in [0.1, 0.15) is 37.1 Å². The highest BCUT2D eigenvalue weighted by molar-refractivity contribution is 7.18. The number of carbonyl (C=O) groups is 1. The van der Waals surface area contributed by atoms with Crippen molar-refractivity contribution in [3.05, 3.63) is 23.2 Å². The summed E-state index contributed by atoms with van der Waals surface area (Å²) >= 11 is 1.67. The Balaban J connectivity index is 1.16. The van der Waals surface area contributed by atoms with Gasteiger partial charge in [0.15, 0.2) is 0 Å². The Hall–Kier alpha value is -1.74. The molecule has 1 atom stereocenters. The van der Waals surface area contributed by atoms with E-state index in [0.29, 0.717) is 19.1 Å². The number of thiazole rings is 1. The molecule has 2 aliphatic rings. The molecule has 2 heterocycles. The highest BCUT2D eigenvalue weighted by Crippen LogP contribution is 2.25. The molecule has 1 amide bonds. The van der Waals surface area contributed by atoms with Crippen LogP contribution in [0.2, 0.25) is 0 Å². The number of nitrogens with zero attached hydrogens (tertiary/aromatic N) is 4. The van der Waals surface area contributed by atoms with E-state index in [1.54, 1.807) is 11.3 Å². The van der Waals surface area contributed by atoms with Gasteiger partial charge in [0.2, 0.25) is 5.91 Å². The van der Waals surface area contributed by atoms with Crippen LogP contribution in [-0.4, -0.2) is 95.8 Å². The predicted octanol–water partition coefficient (Wildman–Crippen LogP) is 2.75. The number of aromatic nitrogens is 1. The first-order valence-electron chi connectivity index (χ1n) is 11.9. The minimum atomic E-state index is -0.548. The lowest BCUT2D eigenvalue weighted by Crippen LogP contribution is -2.52. The van der Waals surface area contributed by atoms with E-state index in [9.17, 15) is 9.90 Å². The van der Waals surface area contributed by atoms with E-state index < -0.39 is 6.10 Å². The lowest BCUT2D eigenvalue weighted by Gasteiger charge is -2.37. The van der Waals surface area contributed by atoms with E-state index in [2.05, 4.69) is 14.8 Å². The molecule has 1 aliphatic carbocycles. The predicted molar refractivity (Wildman–Crippen MR) is 128 cm³/mol. The van der Waals surface area contributed by atoms with Crippen LogP contribution < -0.4 is 4.74 Å². The van der Waals surface area contributed by atoms with Gasteiger partial charge >= 0.3 is 0 Å². The molecule has 1 N–H and O–H groups in total. The van der Waals surface area contributed by atoms with Crippen molar-refractivity contribution in [2.75, 3.05) is 52.9 Å². The molecule has 2 aromatic rings. The summed E-state index contributed by atoms with van der Waals surface area (Å²) < 4.78 is 6.96. The Morgan fingerprint density at radius 2 is 1.94 bits per heavy atom. The number of aryl methyl sites for hydroxylation is 1. The number of piperazine rings is 1. The molecule has 8 heteroatoms. The quantitative estimate of drug-likeness (QED) is 0.653. The highest BCUT2D eigenvalue weighted by Gasteiger charge is 2.25. The number of benzene rings is 1. The number of fused-ring (bicyclic) bond motifs is 1. The number of likely N-dealkylation sites (N-methyl/N-ethyl adjacent to an activating group) is 1. The summed E-state index contributed by atoms with van der Waals surface area (Å²) in [6.07, 6.45) is 5.53. The third-order valence-electron chi connectivity index (χ3n) is 6.72. The molecule has 0 unspecified atom stereocenters. The van der Waals surface area contributed by atoms with Crippen molar-refractivity contribution in [1.29, 1.82) is 0 Å². The van der Waals surface area contributed by atoms with Crippen molar-refractivity contribution >= 4 is 27.5 Å². The minimum absolute atomic E-state index is 0.242. The summed E-state index contributed by atoms with van der Waals surface area (Å²) in [6.45, 7) is 6.80. The molecule has 2 fully saturated rings. The van der Waals surface area contributed by atoms with Gasteiger partial charge in [0, 0.05) is 51.9 Å². The molecule has 1 saturated carbocycles. The second kappa shape index (κ2) is 10.9. The average molecular weight is 461 g/mol. The number of hydrogen-bond acceptors (Lipinski definition) is 7. The van der Waals surface area contributed by atoms with Gasteiger partial charge in [-0.1, -0.05) is 19.3 Å². The number of aliphatic hydroxyl groups is 1. The Labute approximate surface area is 195 Å². The number of hydrogen-bond donors (Lipinski definition) is 1. The zero-order valence-corrected chi connectivity index (χ0v) is 20.1. The van der Waals surface area contributed by atoms with Gasteiger partial charge in [0.05, 0.1) is 21.8 Å². The lowest BCUT2D eigenvalue weighted by molar-refractivity contribution is -0.134. The number of ether oxygens (including phenoxy) is 1. The molecule has 1 saturated heterocycles. The monoisotopic (exact) mass is 460 g/mol. The van der Waals surface area contributed by atoms with Gasteiger partial charge in [-0.25, -0.2) is 4.98 Å². The van der Waals surface area contributed by atoms with Gasteiger partial charge in [0.25, 0.3) is 0 Å². The van der Waals surface area contributed by atoms with E-state index in [1.807, 2.05) is 37.1 Å². The van der Waals surface area contributed by atoms with Crippen LogP contribution >= 0.6 is 11.3 Å². The Morgan fingerprint density at radius 3 is 2.69 bits per heavy atom. The van der Waals surface area contributed by atoms with Crippen LogP contribution in [0.3, 0.4) is 0 Å². The third-order valence-corrected chi connectivity index (χ3v) is 7.67. The zero-order valence-electron chi connectivity index (χ0n) is 19.3. The van der Waals surface area contributed by atoms with E-state index in [4.69, 9.17) is 4.74 Å². The summed E-state index contributed by atoms with van der Waals surface area (Å²) in [5, 5.41) is 11.5. The fourth-order valence-electron chi connectivity index (χ4n) is 4.76. The number of aliphatic hydroxyl groups excluding tert-OH is 1. The smallest absolute Gasteiger partial charge is 0.236 e. The van der Waals surface area contributed by atoms with Gasteiger partial charge in [-0.2, -0.15) is 0 Å². The van der Waals surface area contributed by atoms with Crippen molar-refractivity contribution in [2.24, 2.45) is 0 Å². The normalized spacial score (nSPS) is 19.8. The molecule has 176 valence electrons. The maximum Gasteiger partial charge on any atom is 0.236 e. The van der Waals surface area contributed by atoms with Crippen LogP contribution in [0.15, 0.2) is 18.2 Å². The molecule has 0 radical (unpaired) electrons. The summed E-state index contributed by atoms with van der Waals surface area (Å²) in [5.41, 5.74) is 0.944. The second-order valence-electron chi connectivity index (χ2n) is 9.20. The largest absolute Gasteiger partial charge is 0.491 e. The second-order valence-corrected chi connectivity index (χ2v) is 10.4.